The second-order valence-electron chi connectivity index (χ2n) is 11.0. The molecule has 2 N–H and O–H groups in total. The number of carboxylic acids is 1. The van der Waals surface area contributed by atoms with Gasteiger partial charge >= 0.3 is 12.3 Å². The number of aromatic amines is 1. The molecule has 2 saturated heterocycles. The topological polar surface area (TPSA) is 105 Å². The van der Waals surface area contributed by atoms with Gasteiger partial charge in [-0.3, -0.25) is 0 Å². The Hall–Kier alpha value is -4.06. The summed E-state index contributed by atoms with van der Waals surface area (Å²) in [5, 5.41) is 13.3. The fraction of sp³-hybridized carbons (Fsp3) is 0.414. The van der Waals surface area contributed by atoms with Gasteiger partial charge in [0.05, 0.1) is 12.7 Å². The van der Waals surface area contributed by atoms with Gasteiger partial charge in [-0.15, -0.1) is 13.2 Å². The standard InChI is InChI=1S/C29H28F3N5O4/c30-29(31,32)41-24-4-2-1-3-20(24)21-14-33-27(16-5-6-16)22(21)15-40-19-11-17-7-8-18(12-19)37(17)25-9-10-36-26(34-25)13-23(35-36)28(38)39/h1-4,9-10,13-14,16-19,33H,5-8,11-12,15H2,(H,38,39). The molecule has 0 radical (unpaired) electrons. The zero-order valence-corrected chi connectivity index (χ0v) is 22.0. The number of carboxylic acid groups (broad SMARTS) is 1. The predicted octanol–water partition coefficient (Wildman–Crippen LogP) is 5.92. The summed E-state index contributed by atoms with van der Waals surface area (Å²) in [6, 6.07) is 10.0. The van der Waals surface area contributed by atoms with Gasteiger partial charge in [-0.05, 0) is 56.6 Å². The number of halogens is 3. The molecule has 7 rings (SSSR count). The Morgan fingerprint density at radius 3 is 2.54 bits per heavy atom. The van der Waals surface area contributed by atoms with Crippen molar-refractivity contribution in [1.29, 1.82) is 0 Å². The van der Waals surface area contributed by atoms with Gasteiger partial charge in [-0.1, -0.05) is 18.2 Å². The van der Waals surface area contributed by atoms with E-state index < -0.39 is 12.3 Å². The summed E-state index contributed by atoms with van der Waals surface area (Å²) in [6.45, 7) is 0.299. The second-order valence-corrected chi connectivity index (χ2v) is 11.0. The summed E-state index contributed by atoms with van der Waals surface area (Å²) in [5.74, 6) is -0.165. The van der Waals surface area contributed by atoms with E-state index >= 15 is 0 Å². The summed E-state index contributed by atoms with van der Waals surface area (Å²) >= 11 is 0. The van der Waals surface area contributed by atoms with Gasteiger partial charge in [0, 0.05) is 52.9 Å². The first kappa shape index (κ1) is 25.9. The Balaban J connectivity index is 1.09. The number of hydrogen-bond donors (Lipinski definition) is 2. The van der Waals surface area contributed by atoms with Crippen molar-refractivity contribution in [2.24, 2.45) is 0 Å². The Morgan fingerprint density at radius 1 is 1.07 bits per heavy atom. The maximum atomic E-state index is 13.1. The molecule has 2 atom stereocenters. The fourth-order valence-electron chi connectivity index (χ4n) is 6.46. The minimum Gasteiger partial charge on any atom is -0.476 e. The molecule has 1 aromatic carbocycles. The molecule has 5 heterocycles. The van der Waals surface area contributed by atoms with Crippen LogP contribution in [0, 0.1) is 0 Å². The SMILES string of the molecule is O=C(O)c1cc2nc(N3C4CCC3CC(OCc3c(-c5ccccc5OC(F)(F)F)c[nH]c3C3CC3)C4)ccn2n1. The lowest BCUT2D eigenvalue weighted by atomic mass is 9.98. The lowest BCUT2D eigenvalue weighted by Crippen LogP contribution is -2.46. The molecular formula is C29H28F3N5O4. The van der Waals surface area contributed by atoms with Crippen molar-refractivity contribution in [3.8, 4) is 16.9 Å². The first-order valence-electron chi connectivity index (χ1n) is 13.8. The van der Waals surface area contributed by atoms with E-state index in [0.717, 1.165) is 55.6 Å². The average Bonchev–Trinajstić information content (AvgIpc) is 3.44. The Bertz CT molecular complexity index is 1600. The fourth-order valence-corrected chi connectivity index (χ4v) is 6.46. The number of aromatic carboxylic acids is 1. The van der Waals surface area contributed by atoms with E-state index in [-0.39, 0.29) is 29.6 Å². The lowest BCUT2D eigenvalue weighted by Gasteiger charge is -2.39. The normalized spacial score (nSPS) is 22.4. The highest BCUT2D eigenvalue weighted by molar-refractivity contribution is 5.86. The third-order valence-corrected chi connectivity index (χ3v) is 8.36. The number of piperidine rings is 1. The minimum atomic E-state index is -4.79. The molecule has 1 saturated carbocycles. The number of rotatable bonds is 8. The van der Waals surface area contributed by atoms with Crippen LogP contribution in [0.15, 0.2) is 48.8 Å². The van der Waals surface area contributed by atoms with Crippen molar-refractivity contribution in [2.45, 2.75) is 75.6 Å². The molecule has 2 unspecified atom stereocenters. The number of hydrogen-bond acceptors (Lipinski definition) is 6. The molecule has 3 aliphatic rings. The largest absolute Gasteiger partial charge is 0.573 e. The smallest absolute Gasteiger partial charge is 0.476 e. The zero-order valence-electron chi connectivity index (χ0n) is 22.0. The van der Waals surface area contributed by atoms with Crippen LogP contribution in [-0.4, -0.2) is 55.2 Å². The third-order valence-electron chi connectivity index (χ3n) is 8.36. The molecule has 4 aromatic rings. The number of benzene rings is 1. The zero-order chi connectivity index (χ0) is 28.3. The van der Waals surface area contributed by atoms with Crippen LogP contribution in [0.5, 0.6) is 5.75 Å². The van der Waals surface area contributed by atoms with Crippen LogP contribution in [0.3, 0.4) is 0 Å². The number of anilines is 1. The number of alkyl halides is 3. The van der Waals surface area contributed by atoms with Gasteiger partial charge in [0.1, 0.15) is 11.6 Å². The number of aromatic nitrogens is 4. The van der Waals surface area contributed by atoms with E-state index in [0.29, 0.717) is 29.3 Å². The van der Waals surface area contributed by atoms with Gasteiger partial charge in [0.2, 0.25) is 0 Å². The number of nitrogens with one attached hydrogen (secondary N) is 1. The first-order valence-corrected chi connectivity index (χ1v) is 13.8. The van der Waals surface area contributed by atoms with E-state index in [1.165, 1.54) is 22.7 Å². The molecule has 3 fully saturated rings. The summed E-state index contributed by atoms with van der Waals surface area (Å²) in [6.07, 6.45) is 4.40. The van der Waals surface area contributed by atoms with Gasteiger partial charge in [0.25, 0.3) is 0 Å². The average molecular weight is 568 g/mol. The molecule has 2 aliphatic heterocycles. The molecule has 214 valence electrons. The number of carbonyl (C=O) groups is 1. The van der Waals surface area contributed by atoms with Crippen molar-refractivity contribution in [3.05, 3.63) is 65.7 Å². The van der Waals surface area contributed by atoms with Gasteiger partial charge in [-0.25, -0.2) is 14.3 Å². The van der Waals surface area contributed by atoms with Gasteiger partial charge in [0.15, 0.2) is 11.3 Å². The van der Waals surface area contributed by atoms with E-state index in [9.17, 15) is 23.1 Å². The van der Waals surface area contributed by atoms with Gasteiger partial charge in [-0.2, -0.15) is 5.10 Å². The van der Waals surface area contributed by atoms with Crippen molar-refractivity contribution in [1.82, 2.24) is 19.6 Å². The molecule has 9 nitrogen and oxygen atoms in total. The summed E-state index contributed by atoms with van der Waals surface area (Å²) in [7, 11) is 0. The number of fused-ring (bicyclic) bond motifs is 3. The Morgan fingerprint density at radius 2 is 1.83 bits per heavy atom. The van der Waals surface area contributed by atoms with Crippen LogP contribution in [0.2, 0.25) is 0 Å². The van der Waals surface area contributed by atoms with Crippen LogP contribution in [0.4, 0.5) is 19.0 Å². The highest BCUT2D eigenvalue weighted by Gasteiger charge is 2.42. The number of ether oxygens (including phenoxy) is 2. The van der Waals surface area contributed by atoms with E-state index in [1.807, 2.05) is 6.07 Å². The molecule has 0 spiro atoms. The molecule has 41 heavy (non-hydrogen) atoms. The summed E-state index contributed by atoms with van der Waals surface area (Å²) in [4.78, 5) is 21.6. The molecule has 12 heteroatoms. The van der Waals surface area contributed by atoms with Crippen molar-refractivity contribution >= 4 is 17.4 Å². The predicted molar refractivity (Wildman–Crippen MR) is 142 cm³/mol. The van der Waals surface area contributed by atoms with E-state index in [4.69, 9.17) is 9.72 Å². The van der Waals surface area contributed by atoms with E-state index in [1.54, 1.807) is 24.5 Å². The van der Waals surface area contributed by atoms with Gasteiger partial charge < -0.3 is 24.5 Å². The molecule has 3 aromatic heterocycles. The molecular weight excluding hydrogens is 539 g/mol. The second kappa shape index (κ2) is 9.79. The first-order chi connectivity index (χ1) is 19.7. The summed E-state index contributed by atoms with van der Waals surface area (Å²) < 4.78 is 51.7. The number of nitrogens with zero attached hydrogens (tertiary/aromatic N) is 4. The van der Waals surface area contributed by atoms with E-state index in [2.05, 4.69) is 19.7 Å². The number of H-pyrrole nitrogens is 1. The number of para-hydroxylation sites is 1. The van der Waals surface area contributed by atoms with Crippen LogP contribution in [-0.2, 0) is 11.3 Å². The highest BCUT2D eigenvalue weighted by atomic mass is 19.4. The lowest BCUT2D eigenvalue weighted by molar-refractivity contribution is -0.274. The van der Waals surface area contributed by atoms with Crippen molar-refractivity contribution in [3.63, 3.8) is 0 Å². The maximum absolute atomic E-state index is 13.1. The minimum absolute atomic E-state index is 0.00228. The Labute approximate surface area is 232 Å². The van der Waals surface area contributed by atoms with Crippen molar-refractivity contribution < 1.29 is 32.5 Å². The van der Waals surface area contributed by atoms with Crippen LogP contribution in [0.25, 0.3) is 16.8 Å². The van der Waals surface area contributed by atoms with Crippen LogP contribution in [0.1, 0.15) is 66.2 Å². The third kappa shape index (κ3) is 5.01. The highest BCUT2D eigenvalue weighted by Crippen LogP contribution is 2.46. The van der Waals surface area contributed by atoms with Crippen LogP contribution < -0.4 is 9.64 Å². The molecule has 1 aliphatic carbocycles. The summed E-state index contributed by atoms with van der Waals surface area (Å²) in [5.41, 5.74) is 3.41. The maximum Gasteiger partial charge on any atom is 0.573 e. The Kier molecular flexibility index (Phi) is 6.18. The molecule has 0 amide bonds. The monoisotopic (exact) mass is 567 g/mol. The van der Waals surface area contributed by atoms with Crippen LogP contribution >= 0.6 is 0 Å². The molecule has 2 bridgehead atoms. The quantitative estimate of drug-likeness (QED) is 0.273. The van der Waals surface area contributed by atoms with Crippen molar-refractivity contribution in [2.75, 3.05) is 4.90 Å².